The van der Waals surface area contributed by atoms with Gasteiger partial charge in [0.2, 0.25) is 0 Å². The fraction of sp³-hybridized carbons (Fsp3) is 0.333. The molecule has 2 aromatic rings. The average Bonchev–Trinajstić information content (AvgIpc) is 2.39. The van der Waals surface area contributed by atoms with Gasteiger partial charge in [0.25, 0.3) is 0 Å². The smallest absolute Gasteiger partial charge is 0.133 e. The van der Waals surface area contributed by atoms with Crippen molar-refractivity contribution in [3.05, 3.63) is 41.3 Å². The molecule has 0 saturated carbocycles. The highest BCUT2D eigenvalue weighted by Crippen LogP contribution is 2.21. The van der Waals surface area contributed by atoms with Gasteiger partial charge in [0.1, 0.15) is 17.4 Å². The number of rotatable bonds is 4. The second-order valence-electron chi connectivity index (χ2n) is 5.15. The Balaban J connectivity index is 2.16. The van der Waals surface area contributed by atoms with E-state index in [9.17, 15) is 5.11 Å². The summed E-state index contributed by atoms with van der Waals surface area (Å²) < 4.78 is 0. The summed E-state index contributed by atoms with van der Waals surface area (Å²) in [7, 11) is 0. The van der Waals surface area contributed by atoms with E-state index in [0.717, 1.165) is 22.9 Å². The number of anilines is 2. The normalized spacial score (nSPS) is 10.8. The van der Waals surface area contributed by atoms with Gasteiger partial charge in [-0.05, 0) is 25.1 Å². The number of aromatic nitrogens is 2. The molecular weight excluding hydrogens is 252 g/mol. The van der Waals surface area contributed by atoms with Gasteiger partial charge in [0.15, 0.2) is 0 Å². The molecule has 0 aliphatic carbocycles. The highest BCUT2D eigenvalue weighted by molar-refractivity contribution is 5.49. The van der Waals surface area contributed by atoms with E-state index in [-0.39, 0.29) is 11.7 Å². The highest BCUT2D eigenvalue weighted by atomic mass is 16.3. The van der Waals surface area contributed by atoms with Gasteiger partial charge in [-0.1, -0.05) is 13.8 Å². The lowest BCUT2D eigenvalue weighted by Crippen LogP contribution is -2.07. The van der Waals surface area contributed by atoms with Gasteiger partial charge in [-0.15, -0.1) is 0 Å². The maximum Gasteiger partial charge on any atom is 0.133 e. The van der Waals surface area contributed by atoms with E-state index in [1.165, 1.54) is 0 Å². The number of phenolic OH excluding ortho intramolecular Hbond substituents is 1. The van der Waals surface area contributed by atoms with Gasteiger partial charge < -0.3 is 16.2 Å². The zero-order valence-electron chi connectivity index (χ0n) is 12.0. The minimum Gasteiger partial charge on any atom is -0.508 e. The van der Waals surface area contributed by atoms with Crippen LogP contribution in [0.4, 0.5) is 11.5 Å². The van der Waals surface area contributed by atoms with Crippen molar-refractivity contribution in [1.29, 1.82) is 0 Å². The molecule has 20 heavy (non-hydrogen) atoms. The number of benzene rings is 1. The standard InChI is InChI=1S/C15H20N4O/c1-9(2)15-18-10(3)6-14(19-15)17-8-11-7-12(16)4-5-13(11)20/h4-7,9,20H,8,16H2,1-3H3,(H,17,18,19). The Morgan fingerprint density at radius 3 is 2.70 bits per heavy atom. The monoisotopic (exact) mass is 272 g/mol. The van der Waals surface area contributed by atoms with Gasteiger partial charge in [-0.2, -0.15) is 0 Å². The Hall–Kier alpha value is -2.30. The SMILES string of the molecule is Cc1cc(NCc2cc(N)ccc2O)nc(C(C)C)n1. The molecule has 0 aliphatic rings. The zero-order chi connectivity index (χ0) is 14.7. The largest absolute Gasteiger partial charge is 0.508 e. The highest BCUT2D eigenvalue weighted by Gasteiger charge is 2.07. The number of aromatic hydroxyl groups is 1. The first-order valence-corrected chi connectivity index (χ1v) is 6.62. The summed E-state index contributed by atoms with van der Waals surface area (Å²) >= 11 is 0. The van der Waals surface area contributed by atoms with Crippen LogP contribution in [0.3, 0.4) is 0 Å². The predicted octanol–water partition coefficient (Wildman–Crippen LogP) is 2.81. The van der Waals surface area contributed by atoms with E-state index < -0.39 is 0 Å². The number of hydrogen-bond acceptors (Lipinski definition) is 5. The number of nitrogen functional groups attached to an aromatic ring is 1. The van der Waals surface area contributed by atoms with Gasteiger partial charge in [-0.3, -0.25) is 0 Å². The number of hydrogen-bond donors (Lipinski definition) is 3. The minimum absolute atomic E-state index is 0.224. The average molecular weight is 272 g/mol. The molecule has 0 atom stereocenters. The maximum atomic E-state index is 9.78. The van der Waals surface area contributed by atoms with Crippen LogP contribution in [0.2, 0.25) is 0 Å². The van der Waals surface area contributed by atoms with Crippen LogP contribution in [0, 0.1) is 6.92 Å². The third-order valence-corrected chi connectivity index (χ3v) is 2.95. The lowest BCUT2D eigenvalue weighted by Gasteiger charge is -2.11. The maximum absolute atomic E-state index is 9.78. The number of nitrogens with zero attached hydrogens (tertiary/aromatic N) is 2. The van der Waals surface area contributed by atoms with Gasteiger partial charge in [0.05, 0.1) is 0 Å². The van der Waals surface area contributed by atoms with Gasteiger partial charge in [-0.25, -0.2) is 9.97 Å². The zero-order valence-corrected chi connectivity index (χ0v) is 12.0. The summed E-state index contributed by atoms with van der Waals surface area (Å²) in [6, 6.07) is 6.90. The van der Waals surface area contributed by atoms with E-state index in [0.29, 0.717) is 12.2 Å². The molecule has 0 radical (unpaired) electrons. The lowest BCUT2D eigenvalue weighted by atomic mass is 10.1. The van der Waals surface area contributed by atoms with Crippen LogP contribution < -0.4 is 11.1 Å². The molecule has 0 unspecified atom stereocenters. The fourth-order valence-electron chi connectivity index (χ4n) is 1.87. The molecule has 1 aromatic carbocycles. The van der Waals surface area contributed by atoms with Crippen LogP contribution in [0.25, 0.3) is 0 Å². The van der Waals surface area contributed by atoms with Crippen LogP contribution in [0.15, 0.2) is 24.3 Å². The molecule has 4 N–H and O–H groups in total. The molecule has 106 valence electrons. The van der Waals surface area contributed by atoms with E-state index in [4.69, 9.17) is 5.73 Å². The van der Waals surface area contributed by atoms with Gasteiger partial charge in [0, 0.05) is 35.5 Å². The van der Waals surface area contributed by atoms with Crippen molar-refractivity contribution in [2.45, 2.75) is 33.2 Å². The van der Waals surface area contributed by atoms with Crippen LogP contribution in [-0.4, -0.2) is 15.1 Å². The van der Waals surface area contributed by atoms with Crippen molar-refractivity contribution >= 4 is 11.5 Å². The molecule has 0 fully saturated rings. The number of nitrogens with one attached hydrogen (secondary N) is 1. The van der Waals surface area contributed by atoms with Crippen molar-refractivity contribution in [2.75, 3.05) is 11.1 Å². The van der Waals surface area contributed by atoms with Crippen molar-refractivity contribution in [1.82, 2.24) is 9.97 Å². The molecular formula is C15H20N4O. The third-order valence-electron chi connectivity index (χ3n) is 2.95. The van der Waals surface area contributed by atoms with Crippen molar-refractivity contribution in [3.63, 3.8) is 0 Å². The first-order valence-electron chi connectivity index (χ1n) is 6.62. The van der Waals surface area contributed by atoms with E-state index in [1.807, 2.05) is 13.0 Å². The van der Waals surface area contributed by atoms with E-state index in [1.54, 1.807) is 18.2 Å². The molecule has 0 amide bonds. The van der Waals surface area contributed by atoms with Crippen LogP contribution in [0.1, 0.15) is 36.8 Å². The van der Waals surface area contributed by atoms with Crippen molar-refractivity contribution < 1.29 is 5.11 Å². The Labute approximate surface area is 118 Å². The molecule has 0 saturated heterocycles. The summed E-state index contributed by atoms with van der Waals surface area (Å²) in [4.78, 5) is 8.86. The van der Waals surface area contributed by atoms with Crippen LogP contribution >= 0.6 is 0 Å². The second-order valence-corrected chi connectivity index (χ2v) is 5.15. The second kappa shape index (κ2) is 5.77. The van der Waals surface area contributed by atoms with E-state index >= 15 is 0 Å². The first-order chi connectivity index (χ1) is 9.45. The third kappa shape index (κ3) is 3.38. The number of aryl methyl sites for hydroxylation is 1. The summed E-state index contributed by atoms with van der Waals surface area (Å²) in [5, 5.41) is 13.0. The molecule has 1 aromatic heterocycles. The van der Waals surface area contributed by atoms with E-state index in [2.05, 4.69) is 29.1 Å². The molecule has 5 heteroatoms. The molecule has 1 heterocycles. The molecule has 5 nitrogen and oxygen atoms in total. The quantitative estimate of drug-likeness (QED) is 0.588. The summed E-state index contributed by atoms with van der Waals surface area (Å²) in [5.74, 6) is 2.06. The molecule has 0 bridgehead atoms. The summed E-state index contributed by atoms with van der Waals surface area (Å²) in [6.45, 7) is 6.52. The first kappa shape index (κ1) is 14.1. The predicted molar refractivity (Wildman–Crippen MR) is 80.7 cm³/mol. The van der Waals surface area contributed by atoms with Crippen LogP contribution in [0.5, 0.6) is 5.75 Å². The molecule has 0 spiro atoms. The summed E-state index contributed by atoms with van der Waals surface area (Å²) in [5.41, 5.74) is 8.01. The molecule has 2 rings (SSSR count). The Kier molecular flexibility index (Phi) is 4.08. The fourth-order valence-corrected chi connectivity index (χ4v) is 1.87. The molecule has 0 aliphatic heterocycles. The Morgan fingerprint density at radius 2 is 2.00 bits per heavy atom. The van der Waals surface area contributed by atoms with Crippen molar-refractivity contribution in [2.24, 2.45) is 0 Å². The topological polar surface area (TPSA) is 84.1 Å². The number of nitrogens with two attached hydrogens (primary N) is 1. The minimum atomic E-state index is 0.224. The van der Waals surface area contributed by atoms with Crippen molar-refractivity contribution in [3.8, 4) is 5.75 Å². The summed E-state index contributed by atoms with van der Waals surface area (Å²) in [6.07, 6.45) is 0. The Bertz CT molecular complexity index is 611. The number of phenols is 1. The lowest BCUT2D eigenvalue weighted by molar-refractivity contribution is 0.469. The van der Waals surface area contributed by atoms with Crippen LogP contribution in [-0.2, 0) is 6.54 Å². The van der Waals surface area contributed by atoms with Gasteiger partial charge >= 0.3 is 0 Å². The Morgan fingerprint density at radius 1 is 1.25 bits per heavy atom.